The summed E-state index contributed by atoms with van der Waals surface area (Å²) in [7, 11) is 1.29. The molecular weight excluding hydrogens is 795 g/mol. The van der Waals surface area contributed by atoms with Gasteiger partial charge in [-0.05, 0) is 59.7 Å². The standard InChI is InChI=1S/C23H19ClN2O4.C22H17ClN2O4/c1-29-19(27)13-30-18-11-10-16(24)22-21(18)20-15(23(25)28)8-5-9-17(20)26(22)12-14-6-3-2-4-7-14;23-15-9-10-17(29-12-18(26)27)20-19-14(22(24)28)7-4-8-16(19)25(21(15)20)11-13-5-2-1-3-6-13/h2-11H,12-13H2,1H3,(H2,25,28);1-10H,11-12H2,(H2,24,28)(H,26,27). The van der Waals surface area contributed by atoms with Gasteiger partial charge >= 0.3 is 11.9 Å². The van der Waals surface area contributed by atoms with Crippen LogP contribution in [0.4, 0.5) is 0 Å². The number of nitrogens with two attached hydrogens (primary N) is 2. The molecule has 0 aliphatic carbocycles. The summed E-state index contributed by atoms with van der Waals surface area (Å²) in [5.74, 6) is -2.00. The molecule has 6 aromatic carbocycles. The number of primary amides is 2. The Kier molecular flexibility index (Phi) is 11.7. The lowest BCUT2D eigenvalue weighted by Gasteiger charge is -2.11. The molecule has 0 radical (unpaired) electrons. The van der Waals surface area contributed by atoms with E-state index < -0.39 is 30.4 Å². The second kappa shape index (κ2) is 17.2. The van der Waals surface area contributed by atoms with Gasteiger partial charge in [-0.25, -0.2) is 9.59 Å². The van der Waals surface area contributed by atoms with Crippen LogP contribution in [0.25, 0.3) is 43.6 Å². The fourth-order valence-electron chi connectivity index (χ4n) is 7.25. The van der Waals surface area contributed by atoms with E-state index in [9.17, 15) is 19.2 Å². The molecule has 5 N–H and O–H groups in total. The number of ether oxygens (including phenoxy) is 3. The van der Waals surface area contributed by atoms with Gasteiger partial charge in [0.1, 0.15) is 11.5 Å². The summed E-state index contributed by atoms with van der Waals surface area (Å²) in [6.45, 7) is 0.256. The number of carbonyl (C=O) groups excluding carboxylic acids is 3. The van der Waals surface area contributed by atoms with Gasteiger partial charge in [-0.15, -0.1) is 0 Å². The third kappa shape index (κ3) is 8.09. The average molecular weight is 832 g/mol. The number of amides is 2. The van der Waals surface area contributed by atoms with Gasteiger partial charge in [0.05, 0.1) is 50.0 Å². The molecule has 0 aliphatic heterocycles. The minimum atomic E-state index is -1.10. The quantitative estimate of drug-likeness (QED) is 0.103. The molecule has 0 fully saturated rings. The van der Waals surface area contributed by atoms with Gasteiger partial charge < -0.3 is 39.9 Å². The Morgan fingerprint density at radius 1 is 0.559 bits per heavy atom. The van der Waals surface area contributed by atoms with Crippen molar-refractivity contribution in [1.29, 1.82) is 0 Å². The molecule has 0 atom stereocenters. The number of rotatable bonds is 12. The number of hydrogen-bond acceptors (Lipinski definition) is 7. The molecule has 0 saturated heterocycles. The monoisotopic (exact) mass is 830 g/mol. The number of fused-ring (bicyclic) bond motifs is 6. The third-order valence-electron chi connectivity index (χ3n) is 9.71. The second-order valence-corrected chi connectivity index (χ2v) is 14.2. The maximum Gasteiger partial charge on any atom is 0.343 e. The van der Waals surface area contributed by atoms with Crippen LogP contribution in [-0.2, 0) is 27.4 Å². The van der Waals surface area contributed by atoms with Gasteiger partial charge in [-0.3, -0.25) is 9.59 Å². The number of carboxylic acids is 1. The molecule has 0 bridgehead atoms. The molecule has 0 spiro atoms. The number of aromatic nitrogens is 2. The number of methoxy groups -OCH3 is 1. The largest absolute Gasteiger partial charge is 0.481 e. The number of nitrogens with zero attached hydrogens (tertiary/aromatic N) is 2. The van der Waals surface area contributed by atoms with Crippen molar-refractivity contribution >= 4 is 90.6 Å². The smallest absolute Gasteiger partial charge is 0.343 e. The number of hydrogen-bond donors (Lipinski definition) is 3. The molecule has 2 heterocycles. The van der Waals surface area contributed by atoms with Crippen LogP contribution in [0, 0.1) is 0 Å². The zero-order valence-electron chi connectivity index (χ0n) is 31.5. The van der Waals surface area contributed by atoms with Crippen molar-refractivity contribution in [2.45, 2.75) is 13.1 Å². The number of aliphatic carboxylic acids is 1. The van der Waals surface area contributed by atoms with Crippen molar-refractivity contribution in [1.82, 2.24) is 9.13 Å². The molecule has 2 aromatic heterocycles. The minimum Gasteiger partial charge on any atom is -0.481 e. The molecule has 59 heavy (non-hydrogen) atoms. The normalized spacial score (nSPS) is 11.0. The lowest BCUT2D eigenvalue weighted by atomic mass is 10.1. The first kappa shape index (κ1) is 40.2. The van der Waals surface area contributed by atoms with Crippen LogP contribution in [-0.4, -0.2) is 58.3 Å². The van der Waals surface area contributed by atoms with Gasteiger partial charge in [0, 0.05) is 35.0 Å². The minimum absolute atomic E-state index is 0.267. The summed E-state index contributed by atoms with van der Waals surface area (Å²) in [5.41, 5.74) is 17.0. The van der Waals surface area contributed by atoms with Crippen molar-refractivity contribution < 1.29 is 38.5 Å². The molecule has 298 valence electrons. The van der Waals surface area contributed by atoms with Crippen LogP contribution in [0.3, 0.4) is 0 Å². The van der Waals surface area contributed by atoms with Crippen molar-refractivity contribution in [2.24, 2.45) is 11.5 Å². The summed E-state index contributed by atoms with van der Waals surface area (Å²) < 4.78 is 19.9. The molecule has 0 saturated carbocycles. The van der Waals surface area contributed by atoms with E-state index in [4.69, 9.17) is 49.2 Å². The van der Waals surface area contributed by atoms with E-state index in [2.05, 4.69) is 4.74 Å². The van der Waals surface area contributed by atoms with E-state index in [1.165, 1.54) is 7.11 Å². The Balaban J connectivity index is 0.000000179. The van der Waals surface area contributed by atoms with Crippen LogP contribution in [0.5, 0.6) is 11.5 Å². The molecule has 14 heteroatoms. The Morgan fingerprint density at radius 3 is 1.37 bits per heavy atom. The first-order valence-electron chi connectivity index (χ1n) is 18.2. The molecule has 8 aromatic rings. The lowest BCUT2D eigenvalue weighted by molar-refractivity contribution is -0.143. The average Bonchev–Trinajstić information content (AvgIpc) is 3.75. The van der Waals surface area contributed by atoms with Crippen LogP contribution in [0.15, 0.2) is 121 Å². The number of benzene rings is 6. The van der Waals surface area contributed by atoms with E-state index in [0.29, 0.717) is 78.3 Å². The first-order chi connectivity index (χ1) is 28.5. The van der Waals surface area contributed by atoms with E-state index in [-0.39, 0.29) is 6.61 Å². The van der Waals surface area contributed by atoms with Crippen LogP contribution >= 0.6 is 23.2 Å². The summed E-state index contributed by atoms with van der Waals surface area (Å²) in [4.78, 5) is 47.0. The maximum absolute atomic E-state index is 12.2. The van der Waals surface area contributed by atoms with Gasteiger partial charge in [0.2, 0.25) is 11.8 Å². The zero-order chi connectivity index (χ0) is 41.8. The predicted molar refractivity (Wildman–Crippen MR) is 228 cm³/mol. The van der Waals surface area contributed by atoms with E-state index in [0.717, 1.165) is 22.2 Å². The Labute approximate surface area is 347 Å². The summed E-state index contributed by atoms with van der Waals surface area (Å²) in [5, 5.41) is 12.4. The lowest BCUT2D eigenvalue weighted by Crippen LogP contribution is -2.13. The molecule has 0 unspecified atom stereocenters. The molecule has 0 aliphatic rings. The topological polar surface area (TPSA) is 178 Å². The number of esters is 1. The fraction of sp³-hybridized carbons (Fsp3) is 0.111. The molecule has 12 nitrogen and oxygen atoms in total. The van der Waals surface area contributed by atoms with Gasteiger partial charge in [-0.1, -0.05) is 96.0 Å². The Bertz CT molecular complexity index is 2910. The van der Waals surface area contributed by atoms with Gasteiger partial charge in [-0.2, -0.15) is 0 Å². The SMILES string of the molecule is COC(=O)COc1ccc(Cl)c2c1c1c(C(N)=O)cccc1n2Cc1ccccc1.NC(=O)c1cccc2c1c1c(OCC(=O)O)ccc(Cl)c1n2Cc1ccccc1. The van der Waals surface area contributed by atoms with Crippen LogP contribution < -0.4 is 20.9 Å². The third-order valence-corrected chi connectivity index (χ3v) is 10.3. The van der Waals surface area contributed by atoms with E-state index >= 15 is 0 Å². The maximum atomic E-state index is 12.2. The number of carbonyl (C=O) groups is 4. The van der Waals surface area contributed by atoms with E-state index in [1.807, 2.05) is 81.9 Å². The van der Waals surface area contributed by atoms with Crippen LogP contribution in [0.1, 0.15) is 31.8 Å². The van der Waals surface area contributed by atoms with Crippen molar-refractivity contribution in [2.75, 3.05) is 20.3 Å². The Morgan fingerprint density at radius 2 is 0.983 bits per heavy atom. The van der Waals surface area contributed by atoms with Gasteiger partial charge in [0.15, 0.2) is 13.2 Å². The zero-order valence-corrected chi connectivity index (χ0v) is 33.0. The molecule has 2 amide bonds. The van der Waals surface area contributed by atoms with Crippen molar-refractivity contribution in [3.63, 3.8) is 0 Å². The predicted octanol–water partition coefficient (Wildman–Crippen LogP) is 8.21. The fourth-order valence-corrected chi connectivity index (χ4v) is 7.77. The number of carboxylic acid groups (broad SMARTS) is 1. The first-order valence-corrected chi connectivity index (χ1v) is 18.9. The summed E-state index contributed by atoms with van der Waals surface area (Å²) >= 11 is 13.2. The summed E-state index contributed by atoms with van der Waals surface area (Å²) in [6, 6.07) is 37.0. The molecular formula is C45H36Cl2N4O8. The molecule has 8 rings (SSSR count). The number of halogens is 2. The van der Waals surface area contributed by atoms with Crippen molar-refractivity contribution in [3.05, 3.63) is 154 Å². The highest BCUT2D eigenvalue weighted by molar-refractivity contribution is 6.38. The van der Waals surface area contributed by atoms with Crippen molar-refractivity contribution in [3.8, 4) is 11.5 Å². The highest BCUT2D eigenvalue weighted by Crippen LogP contribution is 2.43. The highest BCUT2D eigenvalue weighted by Gasteiger charge is 2.24. The van der Waals surface area contributed by atoms with Crippen LogP contribution in [0.2, 0.25) is 10.0 Å². The summed E-state index contributed by atoms with van der Waals surface area (Å²) in [6.07, 6.45) is 0. The van der Waals surface area contributed by atoms with Gasteiger partial charge in [0.25, 0.3) is 0 Å². The van der Waals surface area contributed by atoms with E-state index in [1.54, 1.807) is 48.5 Å². The Hall–Kier alpha value is -7.02. The highest BCUT2D eigenvalue weighted by atomic mass is 35.5. The second-order valence-electron chi connectivity index (χ2n) is 13.4.